The van der Waals surface area contributed by atoms with E-state index in [4.69, 9.17) is 0 Å². The summed E-state index contributed by atoms with van der Waals surface area (Å²) in [6.45, 7) is 0. The molecule has 0 radical (unpaired) electrons. The first-order chi connectivity index (χ1) is 26.3. The fourth-order valence-corrected chi connectivity index (χ4v) is 8.37. The van der Waals surface area contributed by atoms with Crippen molar-refractivity contribution in [1.82, 2.24) is 4.57 Å². The highest BCUT2D eigenvalue weighted by Crippen LogP contribution is 2.45. The highest BCUT2D eigenvalue weighted by molar-refractivity contribution is 6.21. The van der Waals surface area contributed by atoms with Crippen molar-refractivity contribution in [3.05, 3.63) is 200 Å². The number of benzene rings is 9. The lowest BCUT2D eigenvalue weighted by Gasteiger charge is -2.19. The minimum atomic E-state index is 0.629. The minimum Gasteiger partial charge on any atom is -0.309 e. The van der Waals surface area contributed by atoms with Gasteiger partial charge in [-0.15, -0.1) is 0 Å². The Labute approximate surface area is 308 Å². The third-order valence-electron chi connectivity index (χ3n) is 10.6. The molecule has 0 amide bonds. The van der Waals surface area contributed by atoms with Crippen LogP contribution in [0.25, 0.3) is 93.5 Å². The quantitative estimate of drug-likeness (QED) is 0.167. The van der Waals surface area contributed by atoms with E-state index < -0.39 is 0 Å². The number of nitrogens with zero attached hydrogens (tertiary/aromatic N) is 2. The van der Waals surface area contributed by atoms with Gasteiger partial charge in [0.1, 0.15) is 0 Å². The molecule has 9 aromatic carbocycles. The van der Waals surface area contributed by atoms with Crippen LogP contribution in [-0.2, 0) is 0 Å². The number of fused-ring (bicyclic) bond motifs is 5. The summed E-state index contributed by atoms with van der Waals surface area (Å²) in [4.78, 5) is 0. The van der Waals surface area contributed by atoms with Crippen LogP contribution >= 0.6 is 0 Å². The molecule has 2 heteroatoms. The summed E-state index contributed by atoms with van der Waals surface area (Å²) >= 11 is 0. The number of rotatable bonds is 5. The van der Waals surface area contributed by atoms with Crippen LogP contribution < -0.4 is 0 Å². The fourth-order valence-electron chi connectivity index (χ4n) is 8.37. The van der Waals surface area contributed by atoms with Crippen molar-refractivity contribution in [2.24, 2.45) is 0 Å². The van der Waals surface area contributed by atoms with Crippen molar-refractivity contribution in [1.29, 1.82) is 5.26 Å². The zero-order valence-corrected chi connectivity index (χ0v) is 28.9. The van der Waals surface area contributed by atoms with E-state index >= 15 is 0 Å². The molecule has 1 heterocycles. The van der Waals surface area contributed by atoms with Crippen molar-refractivity contribution in [3.63, 3.8) is 0 Å². The van der Waals surface area contributed by atoms with E-state index in [9.17, 15) is 5.26 Å². The van der Waals surface area contributed by atoms with E-state index in [2.05, 4.69) is 193 Å². The second kappa shape index (κ2) is 12.5. The maximum Gasteiger partial charge on any atom is 0.0991 e. The van der Waals surface area contributed by atoms with Gasteiger partial charge in [0.2, 0.25) is 0 Å². The molecule has 0 atom stereocenters. The Balaban J connectivity index is 1.21. The molecular weight excluding hydrogens is 641 g/mol. The standard InChI is InChI=1S/C51H32N2/c52-33-34-29-30-49(53-47-27-12-10-21-40(47)41-22-11-13-28-48(41)53)46(31-34)39-20-5-4-19-38(39)36-17-14-18-37(32-36)51-44-25-8-6-23-42(44)50(35-15-2-1-3-16-35)43-24-7-9-26-45(43)51/h1-32H. The van der Waals surface area contributed by atoms with Crippen molar-refractivity contribution in [2.75, 3.05) is 0 Å². The van der Waals surface area contributed by atoms with Gasteiger partial charge < -0.3 is 4.57 Å². The third-order valence-corrected chi connectivity index (χ3v) is 10.6. The summed E-state index contributed by atoms with van der Waals surface area (Å²) in [6.07, 6.45) is 0. The summed E-state index contributed by atoms with van der Waals surface area (Å²) in [5.41, 5.74) is 13.1. The van der Waals surface area contributed by atoms with Crippen molar-refractivity contribution in [2.45, 2.75) is 0 Å². The first-order valence-electron chi connectivity index (χ1n) is 18.0. The molecule has 0 fully saturated rings. The molecule has 10 aromatic rings. The number of para-hydroxylation sites is 2. The maximum atomic E-state index is 10.1. The van der Waals surface area contributed by atoms with E-state index in [1.807, 2.05) is 12.1 Å². The second-order valence-corrected chi connectivity index (χ2v) is 13.5. The van der Waals surface area contributed by atoms with Gasteiger partial charge in [0, 0.05) is 16.3 Å². The highest BCUT2D eigenvalue weighted by Gasteiger charge is 2.20. The zero-order chi connectivity index (χ0) is 35.3. The van der Waals surface area contributed by atoms with Crippen LogP contribution in [0.2, 0.25) is 0 Å². The molecule has 2 nitrogen and oxygen atoms in total. The van der Waals surface area contributed by atoms with Crippen molar-refractivity contribution < 1.29 is 0 Å². The van der Waals surface area contributed by atoms with Crippen LogP contribution in [0.4, 0.5) is 0 Å². The van der Waals surface area contributed by atoms with Crippen LogP contribution in [-0.4, -0.2) is 4.57 Å². The number of aromatic nitrogens is 1. The number of hydrogen-bond acceptors (Lipinski definition) is 1. The number of hydrogen-bond donors (Lipinski definition) is 0. The van der Waals surface area contributed by atoms with Gasteiger partial charge in [-0.3, -0.25) is 0 Å². The Morgan fingerprint density at radius 2 is 0.811 bits per heavy atom. The van der Waals surface area contributed by atoms with Gasteiger partial charge >= 0.3 is 0 Å². The van der Waals surface area contributed by atoms with Gasteiger partial charge in [-0.2, -0.15) is 5.26 Å². The molecule has 10 rings (SSSR count). The average molecular weight is 673 g/mol. The Morgan fingerprint density at radius 3 is 1.42 bits per heavy atom. The molecule has 0 saturated carbocycles. The molecule has 246 valence electrons. The summed E-state index contributed by atoms with van der Waals surface area (Å²) < 4.78 is 2.35. The average Bonchev–Trinajstić information content (AvgIpc) is 3.57. The largest absolute Gasteiger partial charge is 0.309 e. The van der Waals surface area contributed by atoms with Crippen LogP contribution in [0, 0.1) is 11.3 Å². The van der Waals surface area contributed by atoms with Gasteiger partial charge in [-0.25, -0.2) is 0 Å². The summed E-state index contributed by atoms with van der Waals surface area (Å²) in [5, 5.41) is 17.5. The third kappa shape index (κ3) is 4.94. The maximum absolute atomic E-state index is 10.1. The lowest BCUT2D eigenvalue weighted by Crippen LogP contribution is -1.99. The first-order valence-corrected chi connectivity index (χ1v) is 18.0. The minimum absolute atomic E-state index is 0.629. The van der Waals surface area contributed by atoms with Gasteiger partial charge in [0.25, 0.3) is 0 Å². The Hall–Kier alpha value is -7.21. The Kier molecular flexibility index (Phi) is 7.23. The first kappa shape index (κ1) is 30.6. The monoisotopic (exact) mass is 672 g/mol. The van der Waals surface area contributed by atoms with E-state index in [0.29, 0.717) is 5.56 Å². The molecule has 0 aliphatic rings. The van der Waals surface area contributed by atoms with Crippen LogP contribution in [0.3, 0.4) is 0 Å². The van der Waals surface area contributed by atoms with E-state index in [-0.39, 0.29) is 0 Å². The SMILES string of the molecule is N#Cc1ccc(-n2c3ccccc3c3ccccc32)c(-c2ccccc2-c2cccc(-c3c4ccccc4c(-c4ccccc4)c4ccccc34)c2)c1. The van der Waals surface area contributed by atoms with E-state index in [1.165, 1.54) is 49.0 Å². The summed E-state index contributed by atoms with van der Waals surface area (Å²) in [5.74, 6) is 0. The topological polar surface area (TPSA) is 28.7 Å². The van der Waals surface area contributed by atoms with Gasteiger partial charge in [0.05, 0.1) is 28.4 Å². The van der Waals surface area contributed by atoms with E-state index in [0.717, 1.165) is 44.5 Å². The molecule has 0 aliphatic heterocycles. The zero-order valence-electron chi connectivity index (χ0n) is 28.9. The Morgan fingerprint density at radius 1 is 0.340 bits per heavy atom. The van der Waals surface area contributed by atoms with Gasteiger partial charge in [0.15, 0.2) is 0 Å². The molecule has 0 bridgehead atoms. The molecular formula is C51H32N2. The lowest BCUT2D eigenvalue weighted by atomic mass is 9.85. The predicted octanol–water partition coefficient (Wildman–Crippen LogP) is 13.6. The van der Waals surface area contributed by atoms with Crippen LogP contribution in [0.1, 0.15) is 5.56 Å². The second-order valence-electron chi connectivity index (χ2n) is 13.5. The van der Waals surface area contributed by atoms with Crippen molar-refractivity contribution in [3.8, 4) is 56.3 Å². The molecule has 1 aromatic heterocycles. The fraction of sp³-hybridized carbons (Fsp3) is 0. The highest BCUT2D eigenvalue weighted by atomic mass is 15.0. The van der Waals surface area contributed by atoms with Crippen molar-refractivity contribution >= 4 is 43.4 Å². The molecule has 0 spiro atoms. The van der Waals surface area contributed by atoms with Gasteiger partial charge in [-0.05, 0) is 96.9 Å². The summed E-state index contributed by atoms with van der Waals surface area (Å²) in [7, 11) is 0. The normalized spacial score (nSPS) is 11.4. The van der Waals surface area contributed by atoms with Crippen LogP contribution in [0.15, 0.2) is 194 Å². The molecule has 53 heavy (non-hydrogen) atoms. The molecule has 0 aliphatic carbocycles. The summed E-state index contributed by atoms with van der Waals surface area (Å²) in [6, 6.07) is 71.5. The van der Waals surface area contributed by atoms with Gasteiger partial charge in [-0.1, -0.05) is 158 Å². The lowest BCUT2D eigenvalue weighted by molar-refractivity contribution is 1.18. The number of nitriles is 1. The smallest absolute Gasteiger partial charge is 0.0991 e. The molecule has 0 unspecified atom stereocenters. The van der Waals surface area contributed by atoms with E-state index in [1.54, 1.807) is 0 Å². The van der Waals surface area contributed by atoms with Crippen LogP contribution in [0.5, 0.6) is 0 Å². The molecule has 0 saturated heterocycles. The molecule has 0 N–H and O–H groups in total. The Bertz CT molecular complexity index is 2960. The predicted molar refractivity (Wildman–Crippen MR) is 222 cm³/mol.